The zero-order chi connectivity index (χ0) is 20.9. The Morgan fingerprint density at radius 3 is 2.04 bits per heavy atom. The third-order valence-electron chi connectivity index (χ3n) is 4.64. The quantitative estimate of drug-likeness (QED) is 0.279. The summed E-state index contributed by atoms with van der Waals surface area (Å²) in [4.78, 5) is 52.1. The van der Waals surface area contributed by atoms with Gasteiger partial charge in [-0.2, -0.15) is 0 Å². The lowest BCUT2D eigenvalue weighted by Gasteiger charge is -2.54. The number of hydrogen-bond donors (Lipinski definition) is 0. The summed E-state index contributed by atoms with van der Waals surface area (Å²) in [6, 6.07) is 8.19. The number of carbonyl (C=O) groups is 4. The van der Waals surface area contributed by atoms with Gasteiger partial charge in [0.15, 0.2) is 0 Å². The van der Waals surface area contributed by atoms with Gasteiger partial charge in [0, 0.05) is 0 Å². The molecular formula is C21H23NO6. The molecule has 0 aliphatic carbocycles. The molecule has 0 saturated carbocycles. The smallest absolute Gasteiger partial charge is 0.345 e. The Morgan fingerprint density at radius 1 is 1.11 bits per heavy atom. The van der Waals surface area contributed by atoms with Gasteiger partial charge >= 0.3 is 11.9 Å². The number of Topliss-reactive ketones (excluding diaryl/α,β-unsaturated/α-hetero) is 1. The molecule has 2 atom stereocenters. The summed E-state index contributed by atoms with van der Waals surface area (Å²) in [5.74, 6) is -4.80. The summed E-state index contributed by atoms with van der Waals surface area (Å²) < 4.78 is 10.2. The fourth-order valence-electron chi connectivity index (χ4n) is 3.41. The largest absolute Gasteiger partial charge is 0.459 e. The van der Waals surface area contributed by atoms with Crippen LogP contribution in [0.4, 0.5) is 0 Å². The second-order valence-corrected chi connectivity index (χ2v) is 6.38. The average Bonchev–Trinajstić information content (AvgIpc) is 2.68. The Morgan fingerprint density at radius 2 is 1.61 bits per heavy atom. The summed E-state index contributed by atoms with van der Waals surface area (Å²) in [7, 11) is 0. The van der Waals surface area contributed by atoms with E-state index in [0.29, 0.717) is 5.56 Å². The van der Waals surface area contributed by atoms with Gasteiger partial charge in [0.1, 0.15) is 24.9 Å². The van der Waals surface area contributed by atoms with Crippen molar-refractivity contribution in [3.05, 3.63) is 61.2 Å². The zero-order valence-corrected chi connectivity index (χ0v) is 15.9. The molecule has 0 N–H and O–H groups in total. The number of amides is 1. The Balaban J connectivity index is 2.58. The highest BCUT2D eigenvalue weighted by atomic mass is 16.6. The van der Waals surface area contributed by atoms with Crippen LogP contribution in [0, 0.1) is 5.92 Å². The molecule has 7 heteroatoms. The Labute approximate surface area is 163 Å². The first-order valence-corrected chi connectivity index (χ1v) is 8.78. The number of likely N-dealkylation sites (tertiary alicyclic amines) is 1. The van der Waals surface area contributed by atoms with Crippen LogP contribution < -0.4 is 0 Å². The minimum Gasteiger partial charge on any atom is -0.459 e. The van der Waals surface area contributed by atoms with E-state index in [-0.39, 0.29) is 13.2 Å². The number of hydrogen-bond acceptors (Lipinski definition) is 6. The molecule has 1 fully saturated rings. The highest BCUT2D eigenvalue weighted by molar-refractivity contribution is 6.24. The van der Waals surface area contributed by atoms with Crippen LogP contribution in [0.2, 0.25) is 0 Å². The van der Waals surface area contributed by atoms with E-state index >= 15 is 0 Å². The average molecular weight is 385 g/mol. The second-order valence-electron chi connectivity index (χ2n) is 6.38. The van der Waals surface area contributed by atoms with E-state index in [1.165, 1.54) is 12.2 Å². The molecule has 7 nitrogen and oxygen atoms in total. The number of ether oxygens (including phenoxy) is 2. The molecule has 1 aromatic rings. The van der Waals surface area contributed by atoms with Crippen molar-refractivity contribution in [3.8, 4) is 0 Å². The van der Waals surface area contributed by atoms with Crippen LogP contribution in [0.15, 0.2) is 55.6 Å². The molecule has 0 radical (unpaired) electrons. The SMILES string of the molecule is C=CCOC(=O)C1(C(=O)OCC=C)C(C(C)=O)C(=O)N1C(C)c1ccccc1. The highest BCUT2D eigenvalue weighted by Gasteiger charge is 2.74. The first kappa shape index (κ1) is 21.1. The number of esters is 2. The van der Waals surface area contributed by atoms with E-state index in [1.54, 1.807) is 37.3 Å². The van der Waals surface area contributed by atoms with Crippen LogP contribution >= 0.6 is 0 Å². The number of β-lactam (4-membered cyclic amide) rings is 1. The number of carbonyl (C=O) groups excluding carboxylic acids is 4. The Hall–Kier alpha value is -3.22. The van der Waals surface area contributed by atoms with Gasteiger partial charge in [-0.15, -0.1) is 0 Å². The first-order valence-electron chi connectivity index (χ1n) is 8.78. The summed E-state index contributed by atoms with van der Waals surface area (Å²) in [6.45, 7) is 9.40. The molecule has 1 aromatic carbocycles. The van der Waals surface area contributed by atoms with E-state index in [2.05, 4.69) is 13.2 Å². The molecule has 0 spiro atoms. The van der Waals surface area contributed by atoms with Gasteiger partial charge in [0.25, 0.3) is 5.54 Å². The summed E-state index contributed by atoms with van der Waals surface area (Å²) in [6.07, 6.45) is 2.66. The van der Waals surface area contributed by atoms with Gasteiger partial charge in [0.2, 0.25) is 5.91 Å². The molecule has 148 valence electrons. The second kappa shape index (κ2) is 8.65. The number of rotatable bonds is 9. The predicted octanol–water partition coefficient (Wildman–Crippen LogP) is 1.99. The lowest BCUT2D eigenvalue weighted by molar-refractivity contribution is -0.207. The maximum atomic E-state index is 13.0. The van der Waals surface area contributed by atoms with Gasteiger partial charge in [-0.05, 0) is 19.4 Å². The normalized spacial score (nSPS) is 18.4. The zero-order valence-electron chi connectivity index (χ0n) is 15.9. The van der Waals surface area contributed by atoms with E-state index in [1.807, 2.05) is 0 Å². The minimum absolute atomic E-state index is 0.179. The van der Waals surface area contributed by atoms with Gasteiger partial charge < -0.3 is 14.4 Å². The summed E-state index contributed by atoms with van der Waals surface area (Å²) >= 11 is 0. The van der Waals surface area contributed by atoms with Crippen molar-refractivity contribution in [3.63, 3.8) is 0 Å². The number of benzene rings is 1. The molecule has 1 saturated heterocycles. The van der Waals surface area contributed by atoms with Crippen LogP contribution in [-0.4, -0.2) is 47.3 Å². The standard InChI is InChI=1S/C21H23NO6/c1-5-12-27-19(25)21(20(26)28-13-6-2)17(15(4)23)18(24)22(21)14(3)16-10-8-7-9-11-16/h5-11,14,17H,1-2,12-13H2,3-4H3. The van der Waals surface area contributed by atoms with E-state index in [9.17, 15) is 19.2 Å². The molecule has 2 unspecified atom stereocenters. The van der Waals surface area contributed by atoms with Crippen LogP contribution in [0.1, 0.15) is 25.5 Å². The van der Waals surface area contributed by atoms with E-state index < -0.39 is 41.1 Å². The van der Waals surface area contributed by atoms with Crippen LogP contribution in [-0.2, 0) is 28.7 Å². The van der Waals surface area contributed by atoms with Gasteiger partial charge in [-0.3, -0.25) is 9.59 Å². The van der Waals surface area contributed by atoms with Crippen molar-refractivity contribution >= 4 is 23.6 Å². The van der Waals surface area contributed by atoms with Crippen molar-refractivity contribution in [2.75, 3.05) is 13.2 Å². The van der Waals surface area contributed by atoms with Crippen molar-refractivity contribution in [2.45, 2.75) is 25.4 Å². The molecule has 1 amide bonds. The molecule has 2 rings (SSSR count). The molecule has 1 aliphatic heterocycles. The lowest BCUT2D eigenvalue weighted by atomic mass is 9.69. The number of nitrogens with zero attached hydrogens (tertiary/aromatic N) is 1. The molecule has 1 heterocycles. The number of ketones is 1. The molecule has 0 aromatic heterocycles. The molecule has 0 bridgehead atoms. The van der Waals surface area contributed by atoms with Crippen molar-refractivity contribution in [2.24, 2.45) is 5.92 Å². The van der Waals surface area contributed by atoms with Gasteiger partial charge in [-0.25, -0.2) is 9.59 Å². The Kier molecular flexibility index (Phi) is 6.51. The summed E-state index contributed by atoms with van der Waals surface area (Å²) in [5, 5.41) is 0. The van der Waals surface area contributed by atoms with Crippen molar-refractivity contribution in [1.29, 1.82) is 0 Å². The van der Waals surface area contributed by atoms with Gasteiger partial charge in [-0.1, -0.05) is 55.6 Å². The predicted molar refractivity (Wildman–Crippen MR) is 101 cm³/mol. The van der Waals surface area contributed by atoms with Gasteiger partial charge in [0.05, 0.1) is 6.04 Å². The minimum atomic E-state index is -2.19. The highest BCUT2D eigenvalue weighted by Crippen LogP contribution is 2.46. The van der Waals surface area contributed by atoms with Crippen LogP contribution in [0.25, 0.3) is 0 Å². The van der Waals surface area contributed by atoms with Crippen molar-refractivity contribution < 1.29 is 28.7 Å². The Bertz CT molecular complexity index is 776. The maximum absolute atomic E-state index is 13.0. The topological polar surface area (TPSA) is 90.0 Å². The summed E-state index contributed by atoms with van der Waals surface area (Å²) in [5.41, 5.74) is -1.50. The lowest BCUT2D eigenvalue weighted by Crippen LogP contribution is -2.80. The van der Waals surface area contributed by atoms with E-state index in [4.69, 9.17) is 9.47 Å². The van der Waals surface area contributed by atoms with Crippen LogP contribution in [0.5, 0.6) is 0 Å². The maximum Gasteiger partial charge on any atom is 0.345 e. The fraction of sp³-hybridized carbons (Fsp3) is 0.333. The van der Waals surface area contributed by atoms with E-state index in [0.717, 1.165) is 11.8 Å². The van der Waals surface area contributed by atoms with Crippen molar-refractivity contribution in [1.82, 2.24) is 4.90 Å². The monoisotopic (exact) mass is 385 g/mol. The fourth-order valence-corrected chi connectivity index (χ4v) is 3.41. The third kappa shape index (κ3) is 3.35. The first-order chi connectivity index (χ1) is 13.3. The third-order valence-corrected chi connectivity index (χ3v) is 4.64. The van der Waals surface area contributed by atoms with Crippen LogP contribution in [0.3, 0.4) is 0 Å². The molecule has 28 heavy (non-hydrogen) atoms. The molecule has 1 aliphatic rings. The molecular weight excluding hydrogens is 362 g/mol.